The van der Waals surface area contributed by atoms with E-state index >= 15 is 0 Å². The summed E-state index contributed by atoms with van der Waals surface area (Å²) in [7, 11) is 0. The number of fused-ring (bicyclic) bond motifs is 1. The molecule has 7 heteroatoms. The highest BCUT2D eigenvalue weighted by Gasteiger charge is 2.41. The first kappa shape index (κ1) is 17.7. The Morgan fingerprint density at radius 2 is 1.76 bits per heavy atom. The molecule has 0 spiro atoms. The summed E-state index contributed by atoms with van der Waals surface area (Å²) < 4.78 is 16.4. The number of benzene rings is 2. The van der Waals surface area contributed by atoms with Gasteiger partial charge in [0.05, 0.1) is 0 Å². The van der Waals surface area contributed by atoms with Crippen molar-refractivity contribution in [3.05, 3.63) is 60.0 Å². The van der Waals surface area contributed by atoms with E-state index in [0.717, 1.165) is 37.7 Å². The van der Waals surface area contributed by atoms with Crippen LogP contribution < -0.4 is 14.8 Å². The summed E-state index contributed by atoms with van der Waals surface area (Å²) >= 11 is 0. The van der Waals surface area contributed by atoms with Gasteiger partial charge in [0.25, 0.3) is 11.8 Å². The molecule has 0 bridgehead atoms. The van der Waals surface area contributed by atoms with E-state index in [0.29, 0.717) is 28.8 Å². The van der Waals surface area contributed by atoms with E-state index < -0.39 is 5.54 Å². The fraction of sp³-hybridized carbons (Fsp3) is 0.318. The van der Waals surface area contributed by atoms with Crippen molar-refractivity contribution in [2.75, 3.05) is 6.79 Å². The summed E-state index contributed by atoms with van der Waals surface area (Å²) in [6.07, 6.45) is 4.63. The van der Waals surface area contributed by atoms with E-state index in [4.69, 9.17) is 14.0 Å². The van der Waals surface area contributed by atoms with Gasteiger partial charge in [-0.25, -0.2) is 0 Å². The van der Waals surface area contributed by atoms with Crippen LogP contribution in [0.15, 0.2) is 53.1 Å². The van der Waals surface area contributed by atoms with Crippen LogP contribution in [0.3, 0.4) is 0 Å². The minimum atomic E-state index is -0.661. The molecule has 7 nitrogen and oxygen atoms in total. The summed E-state index contributed by atoms with van der Waals surface area (Å²) in [4.78, 5) is 17.7. The number of rotatable bonds is 4. The second kappa shape index (κ2) is 7.24. The molecule has 1 aliphatic heterocycles. The van der Waals surface area contributed by atoms with Crippen LogP contribution in [-0.4, -0.2) is 22.8 Å². The molecule has 148 valence electrons. The average Bonchev–Trinajstić information content (AvgIpc) is 3.44. The van der Waals surface area contributed by atoms with Crippen molar-refractivity contribution in [3.63, 3.8) is 0 Å². The standard InChI is InChI=1S/C22H21N3O4/c26-20(16-9-10-17-18(13-16)28-14-27-17)24-22(11-5-2-6-12-22)21-23-19(25-29-21)15-7-3-1-4-8-15/h1,3-4,7-10,13H,2,5-6,11-12,14H2,(H,24,26). The smallest absolute Gasteiger partial charge is 0.252 e. The lowest BCUT2D eigenvalue weighted by Gasteiger charge is -2.34. The quantitative estimate of drug-likeness (QED) is 0.722. The molecule has 1 aromatic heterocycles. The van der Waals surface area contributed by atoms with Crippen LogP contribution in [0.25, 0.3) is 11.4 Å². The number of ether oxygens (including phenoxy) is 2. The monoisotopic (exact) mass is 391 g/mol. The topological polar surface area (TPSA) is 86.5 Å². The first-order valence-electron chi connectivity index (χ1n) is 9.85. The van der Waals surface area contributed by atoms with Gasteiger partial charge in [0.1, 0.15) is 5.54 Å². The van der Waals surface area contributed by atoms with Crippen molar-refractivity contribution in [2.45, 2.75) is 37.6 Å². The summed E-state index contributed by atoms with van der Waals surface area (Å²) in [5.74, 6) is 2.04. The molecular formula is C22H21N3O4. The third kappa shape index (κ3) is 3.33. The third-order valence-electron chi connectivity index (χ3n) is 5.56. The van der Waals surface area contributed by atoms with Crippen molar-refractivity contribution in [1.29, 1.82) is 0 Å². The molecule has 2 aliphatic rings. The van der Waals surface area contributed by atoms with Gasteiger partial charge in [-0.2, -0.15) is 4.98 Å². The normalized spacial score (nSPS) is 17.1. The third-order valence-corrected chi connectivity index (χ3v) is 5.56. The Balaban J connectivity index is 1.44. The van der Waals surface area contributed by atoms with Crippen molar-refractivity contribution in [1.82, 2.24) is 15.5 Å². The highest BCUT2D eigenvalue weighted by Crippen LogP contribution is 2.38. The number of hydrogen-bond acceptors (Lipinski definition) is 6. The van der Waals surface area contributed by atoms with Crippen LogP contribution >= 0.6 is 0 Å². The molecule has 0 atom stereocenters. The number of amides is 1. The molecule has 3 aromatic rings. The first-order valence-corrected chi connectivity index (χ1v) is 9.85. The van der Waals surface area contributed by atoms with Crippen LogP contribution in [0, 0.1) is 0 Å². The molecule has 1 fully saturated rings. The Bertz CT molecular complexity index is 1030. The maximum absolute atomic E-state index is 13.1. The van der Waals surface area contributed by atoms with E-state index in [1.165, 1.54) is 0 Å². The number of nitrogens with zero attached hydrogens (tertiary/aromatic N) is 2. The number of nitrogens with one attached hydrogen (secondary N) is 1. The minimum Gasteiger partial charge on any atom is -0.454 e. The van der Waals surface area contributed by atoms with E-state index in [9.17, 15) is 4.79 Å². The first-order chi connectivity index (χ1) is 14.2. The minimum absolute atomic E-state index is 0.175. The molecule has 29 heavy (non-hydrogen) atoms. The summed E-state index contributed by atoms with van der Waals surface area (Å²) in [6.45, 7) is 0.175. The summed E-state index contributed by atoms with van der Waals surface area (Å²) in [6, 6.07) is 14.9. The molecule has 1 saturated carbocycles. The zero-order valence-corrected chi connectivity index (χ0v) is 15.9. The van der Waals surface area contributed by atoms with Gasteiger partial charge in [0, 0.05) is 11.1 Å². The van der Waals surface area contributed by atoms with Gasteiger partial charge in [-0.3, -0.25) is 4.79 Å². The maximum Gasteiger partial charge on any atom is 0.252 e. The van der Waals surface area contributed by atoms with Crippen LogP contribution in [0.2, 0.25) is 0 Å². The van der Waals surface area contributed by atoms with Crippen LogP contribution in [0.5, 0.6) is 11.5 Å². The van der Waals surface area contributed by atoms with Crippen molar-refractivity contribution in [3.8, 4) is 22.9 Å². The Kier molecular flexibility index (Phi) is 4.42. The molecule has 0 unspecified atom stereocenters. The molecular weight excluding hydrogens is 370 g/mol. The summed E-state index contributed by atoms with van der Waals surface area (Å²) in [5, 5.41) is 7.35. The maximum atomic E-state index is 13.1. The molecule has 1 aliphatic carbocycles. The Morgan fingerprint density at radius 3 is 2.59 bits per heavy atom. The molecule has 2 heterocycles. The Morgan fingerprint density at radius 1 is 0.966 bits per heavy atom. The lowest BCUT2D eigenvalue weighted by molar-refractivity contribution is 0.0824. The number of hydrogen-bond donors (Lipinski definition) is 1. The van der Waals surface area contributed by atoms with E-state index in [1.54, 1.807) is 18.2 Å². The molecule has 0 radical (unpaired) electrons. The molecule has 2 aromatic carbocycles. The second-order valence-corrected chi connectivity index (χ2v) is 7.45. The molecule has 5 rings (SSSR count). The predicted molar refractivity (Wildman–Crippen MR) is 105 cm³/mol. The zero-order valence-electron chi connectivity index (χ0n) is 15.9. The number of aromatic nitrogens is 2. The van der Waals surface area contributed by atoms with Gasteiger partial charge < -0.3 is 19.3 Å². The highest BCUT2D eigenvalue weighted by molar-refractivity contribution is 5.95. The van der Waals surface area contributed by atoms with Gasteiger partial charge in [0.2, 0.25) is 12.6 Å². The fourth-order valence-electron chi connectivity index (χ4n) is 4.00. The van der Waals surface area contributed by atoms with Crippen LogP contribution in [-0.2, 0) is 5.54 Å². The predicted octanol–water partition coefficient (Wildman–Crippen LogP) is 4.05. The van der Waals surface area contributed by atoms with Crippen molar-refractivity contribution < 1.29 is 18.8 Å². The molecule has 0 saturated heterocycles. The Hall–Kier alpha value is -3.35. The van der Waals surface area contributed by atoms with Crippen LogP contribution in [0.1, 0.15) is 48.4 Å². The lowest BCUT2D eigenvalue weighted by Crippen LogP contribution is -2.47. The lowest BCUT2D eigenvalue weighted by atomic mass is 9.81. The summed E-state index contributed by atoms with van der Waals surface area (Å²) in [5.41, 5.74) is 0.740. The van der Waals surface area contributed by atoms with E-state index in [-0.39, 0.29) is 12.7 Å². The largest absolute Gasteiger partial charge is 0.454 e. The Labute approximate surface area is 168 Å². The molecule has 1 N–H and O–H groups in total. The average molecular weight is 391 g/mol. The van der Waals surface area contributed by atoms with Crippen molar-refractivity contribution in [2.24, 2.45) is 0 Å². The van der Waals surface area contributed by atoms with Gasteiger partial charge >= 0.3 is 0 Å². The van der Waals surface area contributed by atoms with Gasteiger partial charge in [-0.15, -0.1) is 0 Å². The van der Waals surface area contributed by atoms with Gasteiger partial charge in [-0.1, -0.05) is 54.8 Å². The highest BCUT2D eigenvalue weighted by atomic mass is 16.7. The SMILES string of the molecule is O=C(NC1(c2nc(-c3ccccc3)no2)CCCCC1)c1ccc2c(c1)OCO2. The van der Waals surface area contributed by atoms with Crippen molar-refractivity contribution >= 4 is 5.91 Å². The van der Waals surface area contributed by atoms with Gasteiger partial charge in [-0.05, 0) is 31.0 Å². The van der Waals surface area contributed by atoms with E-state index in [2.05, 4.69) is 15.5 Å². The van der Waals surface area contributed by atoms with Gasteiger partial charge in [0.15, 0.2) is 11.5 Å². The fourth-order valence-corrected chi connectivity index (χ4v) is 4.00. The molecule has 1 amide bonds. The zero-order chi connectivity index (χ0) is 19.7. The number of carbonyl (C=O) groups is 1. The number of carbonyl (C=O) groups excluding carboxylic acids is 1. The van der Waals surface area contributed by atoms with Crippen LogP contribution in [0.4, 0.5) is 0 Å². The second-order valence-electron chi connectivity index (χ2n) is 7.45. The van der Waals surface area contributed by atoms with E-state index in [1.807, 2.05) is 30.3 Å².